The number of hydrogen-bond acceptors (Lipinski definition) is 5. The van der Waals surface area contributed by atoms with Crippen LogP contribution in [0.1, 0.15) is 20.3 Å². The van der Waals surface area contributed by atoms with Crippen LogP contribution in [0.3, 0.4) is 0 Å². The second-order valence-corrected chi connectivity index (χ2v) is 8.31. The Kier molecular flexibility index (Phi) is 3.78. The van der Waals surface area contributed by atoms with Gasteiger partial charge in [-0.25, -0.2) is 8.42 Å². The van der Waals surface area contributed by atoms with Crippen molar-refractivity contribution in [3.05, 3.63) is 0 Å². The Hall–Kier alpha value is -0.140. The van der Waals surface area contributed by atoms with Crippen molar-refractivity contribution in [3.63, 3.8) is 0 Å². The van der Waals surface area contributed by atoms with Gasteiger partial charge in [0, 0.05) is 0 Å². The van der Waals surface area contributed by atoms with Crippen LogP contribution < -0.4 is 0 Å². The minimum atomic E-state index is -3.71. The summed E-state index contributed by atoms with van der Waals surface area (Å²) in [5.74, 6) is -0.243. The van der Waals surface area contributed by atoms with E-state index < -0.39 is 25.2 Å². The largest absolute Gasteiger partial charge is 0.271 e. The molecule has 1 aliphatic heterocycles. The zero-order valence-electron chi connectivity index (χ0n) is 8.84. The highest BCUT2D eigenvalue weighted by Crippen LogP contribution is 2.20. The third-order valence-electron chi connectivity index (χ3n) is 2.16. The van der Waals surface area contributed by atoms with Gasteiger partial charge in [-0.2, -0.15) is 8.42 Å². The number of sulfone groups is 1. The third-order valence-corrected chi connectivity index (χ3v) is 5.83. The van der Waals surface area contributed by atoms with Gasteiger partial charge in [-0.1, -0.05) is 13.8 Å². The summed E-state index contributed by atoms with van der Waals surface area (Å²) in [6, 6.07) is 0. The molecule has 1 rings (SSSR count). The van der Waals surface area contributed by atoms with E-state index in [0.717, 1.165) is 0 Å². The maximum atomic E-state index is 11.5. The summed E-state index contributed by atoms with van der Waals surface area (Å²) in [4.78, 5) is 0. The topological polar surface area (TPSA) is 77.5 Å². The fraction of sp³-hybridized carbons (Fsp3) is 1.00. The first-order chi connectivity index (χ1) is 6.73. The van der Waals surface area contributed by atoms with E-state index in [2.05, 4.69) is 0 Å². The van der Waals surface area contributed by atoms with Crippen molar-refractivity contribution >= 4 is 20.0 Å². The first-order valence-corrected chi connectivity index (χ1v) is 8.11. The molecule has 0 saturated carbocycles. The monoisotopic (exact) mass is 256 g/mol. The maximum absolute atomic E-state index is 11.5. The van der Waals surface area contributed by atoms with Gasteiger partial charge in [0.25, 0.3) is 10.1 Å². The van der Waals surface area contributed by atoms with Crippen molar-refractivity contribution in [1.29, 1.82) is 0 Å². The van der Waals surface area contributed by atoms with Crippen LogP contribution >= 0.6 is 0 Å². The summed E-state index contributed by atoms with van der Waals surface area (Å²) < 4.78 is 50.1. The van der Waals surface area contributed by atoms with Gasteiger partial charge in [0.15, 0.2) is 9.84 Å². The zero-order chi connectivity index (χ0) is 11.7. The van der Waals surface area contributed by atoms with Crippen LogP contribution in [0.15, 0.2) is 0 Å². The zero-order valence-corrected chi connectivity index (χ0v) is 10.5. The summed E-state index contributed by atoms with van der Waals surface area (Å²) in [5, 5.41) is -0.874. The molecule has 0 bridgehead atoms. The van der Waals surface area contributed by atoms with Gasteiger partial charge in [-0.15, -0.1) is 0 Å². The predicted octanol–water partition coefficient (Wildman–Crippen LogP) is 0.176. The molecule has 1 unspecified atom stereocenters. The SMILES string of the molecule is CC(C)COS(=O)(=O)C1CCS(=O)(=O)C1. The van der Waals surface area contributed by atoms with Crippen molar-refractivity contribution in [2.24, 2.45) is 5.92 Å². The molecule has 0 aromatic heterocycles. The molecule has 0 aromatic carbocycles. The lowest BCUT2D eigenvalue weighted by Crippen LogP contribution is -2.26. The minimum Gasteiger partial charge on any atom is -0.270 e. The van der Waals surface area contributed by atoms with E-state index >= 15 is 0 Å². The second-order valence-electron chi connectivity index (χ2n) is 4.20. The van der Waals surface area contributed by atoms with Gasteiger partial charge < -0.3 is 0 Å². The second kappa shape index (κ2) is 4.39. The van der Waals surface area contributed by atoms with Crippen LogP contribution in [0.5, 0.6) is 0 Å². The Morgan fingerprint density at radius 3 is 2.40 bits per heavy atom. The molecule has 0 aliphatic carbocycles. The smallest absolute Gasteiger partial charge is 0.270 e. The summed E-state index contributed by atoms with van der Waals surface area (Å²) in [5.41, 5.74) is 0. The highest BCUT2D eigenvalue weighted by molar-refractivity contribution is 7.94. The average Bonchev–Trinajstić information content (AvgIpc) is 2.43. The summed E-state index contributed by atoms with van der Waals surface area (Å²) in [7, 11) is -6.88. The Morgan fingerprint density at radius 2 is 2.00 bits per heavy atom. The van der Waals surface area contributed by atoms with Gasteiger partial charge in [0.1, 0.15) is 5.25 Å². The molecule has 15 heavy (non-hydrogen) atoms. The molecular weight excluding hydrogens is 240 g/mol. The van der Waals surface area contributed by atoms with Gasteiger partial charge in [-0.3, -0.25) is 4.18 Å². The summed E-state index contributed by atoms with van der Waals surface area (Å²) in [6.45, 7) is 3.78. The normalized spacial score (nSPS) is 25.9. The van der Waals surface area contributed by atoms with Gasteiger partial charge in [0.2, 0.25) is 0 Å². The Labute approximate surface area is 90.9 Å². The quantitative estimate of drug-likeness (QED) is 0.670. The fourth-order valence-electron chi connectivity index (χ4n) is 1.32. The van der Waals surface area contributed by atoms with Crippen LogP contribution in [0.2, 0.25) is 0 Å². The van der Waals surface area contributed by atoms with E-state index in [-0.39, 0.29) is 30.5 Å². The van der Waals surface area contributed by atoms with E-state index in [1.54, 1.807) is 0 Å². The van der Waals surface area contributed by atoms with E-state index in [9.17, 15) is 16.8 Å². The van der Waals surface area contributed by atoms with Crippen LogP contribution in [-0.4, -0.2) is 40.2 Å². The molecule has 0 N–H and O–H groups in total. The molecule has 7 heteroatoms. The molecule has 1 saturated heterocycles. The number of rotatable bonds is 4. The van der Waals surface area contributed by atoms with E-state index in [1.807, 2.05) is 13.8 Å². The summed E-state index contributed by atoms with van der Waals surface area (Å²) in [6.07, 6.45) is 0.156. The maximum Gasteiger partial charge on any atom is 0.271 e. The Morgan fingerprint density at radius 1 is 1.40 bits per heavy atom. The fourth-order valence-corrected chi connectivity index (χ4v) is 5.36. The molecule has 0 aromatic rings. The molecule has 0 amide bonds. The highest BCUT2D eigenvalue weighted by Gasteiger charge is 2.37. The van der Waals surface area contributed by atoms with Crippen LogP contribution in [0.25, 0.3) is 0 Å². The van der Waals surface area contributed by atoms with Crippen molar-refractivity contribution in [3.8, 4) is 0 Å². The van der Waals surface area contributed by atoms with Crippen molar-refractivity contribution in [2.45, 2.75) is 25.5 Å². The van der Waals surface area contributed by atoms with Gasteiger partial charge >= 0.3 is 0 Å². The predicted molar refractivity (Wildman–Crippen MR) is 56.8 cm³/mol. The van der Waals surface area contributed by atoms with Gasteiger partial charge in [-0.05, 0) is 12.3 Å². The van der Waals surface area contributed by atoms with Crippen molar-refractivity contribution in [2.75, 3.05) is 18.1 Å². The van der Waals surface area contributed by atoms with Gasteiger partial charge in [0.05, 0.1) is 18.1 Å². The van der Waals surface area contributed by atoms with Crippen LogP contribution in [-0.2, 0) is 24.1 Å². The van der Waals surface area contributed by atoms with Crippen LogP contribution in [0, 0.1) is 5.92 Å². The Balaban J connectivity index is 2.64. The third kappa shape index (κ3) is 3.73. The summed E-state index contributed by atoms with van der Waals surface area (Å²) >= 11 is 0. The number of hydrogen-bond donors (Lipinski definition) is 0. The first kappa shape index (κ1) is 12.9. The molecule has 5 nitrogen and oxygen atoms in total. The van der Waals surface area contributed by atoms with E-state index in [1.165, 1.54) is 0 Å². The standard InChI is InChI=1S/C8H16O5S2/c1-7(2)5-13-15(11,12)8-3-4-14(9,10)6-8/h7-8H,3-6H2,1-2H3. The lowest BCUT2D eigenvalue weighted by Gasteiger charge is -2.11. The lowest BCUT2D eigenvalue weighted by molar-refractivity contribution is 0.271. The molecule has 1 atom stereocenters. The van der Waals surface area contributed by atoms with E-state index in [4.69, 9.17) is 4.18 Å². The van der Waals surface area contributed by atoms with Crippen molar-refractivity contribution in [1.82, 2.24) is 0 Å². The molecule has 90 valence electrons. The molecule has 0 radical (unpaired) electrons. The van der Waals surface area contributed by atoms with E-state index in [0.29, 0.717) is 0 Å². The highest BCUT2D eigenvalue weighted by atomic mass is 32.2. The van der Waals surface area contributed by atoms with Crippen LogP contribution in [0.4, 0.5) is 0 Å². The molecule has 1 fully saturated rings. The molecule has 1 aliphatic rings. The molecular formula is C8H16O5S2. The minimum absolute atomic E-state index is 0.0536. The lowest BCUT2D eigenvalue weighted by atomic mass is 10.2. The molecule has 1 heterocycles. The Bertz CT molecular complexity index is 406. The molecule has 0 spiro atoms. The average molecular weight is 256 g/mol. The first-order valence-electron chi connectivity index (χ1n) is 4.81. The van der Waals surface area contributed by atoms with Crippen molar-refractivity contribution < 1.29 is 21.0 Å².